The number of hydrogen-bond acceptors (Lipinski definition) is 8. The molecule has 2 aliphatic rings. The summed E-state index contributed by atoms with van der Waals surface area (Å²) in [6.07, 6.45) is 9.36. The van der Waals surface area contributed by atoms with Gasteiger partial charge in [-0.15, -0.1) is 11.8 Å². The smallest absolute Gasteiger partial charge is 0.166 e. The number of rotatable bonds is 10. The summed E-state index contributed by atoms with van der Waals surface area (Å²) in [6.45, 7) is 9.55. The second-order valence-corrected chi connectivity index (χ2v) is 18.8. The molecule has 1 fully saturated rings. The number of pyridine rings is 1. The Morgan fingerprint density at radius 2 is 2.17 bits per heavy atom. The first-order chi connectivity index (χ1) is 19.8. The van der Waals surface area contributed by atoms with Crippen LogP contribution in [-0.4, -0.2) is 62.8 Å². The van der Waals surface area contributed by atoms with E-state index in [1.54, 1.807) is 30.4 Å². The zero-order valence-corrected chi connectivity index (χ0v) is 25.6. The minimum atomic E-state index is -1.15. The number of aryl methyl sites for hydroxylation is 1. The van der Waals surface area contributed by atoms with Crippen molar-refractivity contribution in [2.75, 3.05) is 30.3 Å². The van der Waals surface area contributed by atoms with Gasteiger partial charge in [-0.1, -0.05) is 19.6 Å². The molecule has 0 unspecified atom stereocenters. The van der Waals surface area contributed by atoms with Gasteiger partial charge in [0, 0.05) is 62.8 Å². The van der Waals surface area contributed by atoms with E-state index in [4.69, 9.17) is 4.74 Å². The Hall–Kier alpha value is -3.27. The molecule has 0 bridgehead atoms. The van der Waals surface area contributed by atoms with E-state index in [2.05, 4.69) is 45.8 Å². The molecule has 2 aliphatic heterocycles. The highest BCUT2D eigenvalue weighted by molar-refractivity contribution is 7.99. The van der Waals surface area contributed by atoms with Crippen LogP contribution in [0, 0.1) is 23.1 Å². The van der Waals surface area contributed by atoms with Crippen LogP contribution >= 0.6 is 11.8 Å². The van der Waals surface area contributed by atoms with Gasteiger partial charge < -0.3 is 14.2 Å². The van der Waals surface area contributed by atoms with Gasteiger partial charge in [0.25, 0.3) is 0 Å². The van der Waals surface area contributed by atoms with E-state index >= 15 is 0 Å². The predicted molar refractivity (Wildman–Crippen MR) is 161 cm³/mol. The molecule has 6 rings (SSSR count). The zero-order valence-electron chi connectivity index (χ0n) is 23.8. The highest BCUT2D eigenvalue weighted by Gasteiger charge is 2.34. The summed E-state index contributed by atoms with van der Waals surface area (Å²) >= 11 is 1.69. The molecule has 0 spiro atoms. The fraction of sp³-hybridized carbons (Fsp3) is 0.483. The number of nitriles is 1. The maximum Gasteiger partial charge on any atom is 0.166 e. The largest absolute Gasteiger partial charge is 0.361 e. The van der Waals surface area contributed by atoms with Gasteiger partial charge in [0.05, 0.1) is 30.4 Å². The molecule has 12 heteroatoms. The summed E-state index contributed by atoms with van der Waals surface area (Å²) in [5.74, 6) is 1.26. The Labute approximate surface area is 244 Å². The Morgan fingerprint density at radius 1 is 1.29 bits per heavy atom. The van der Waals surface area contributed by atoms with Crippen molar-refractivity contribution < 1.29 is 9.13 Å². The van der Waals surface area contributed by atoms with Crippen molar-refractivity contribution in [3.8, 4) is 17.3 Å². The average molecular weight is 591 g/mol. The van der Waals surface area contributed by atoms with Crippen molar-refractivity contribution in [1.82, 2.24) is 29.3 Å². The normalized spacial score (nSPS) is 17.7. The van der Waals surface area contributed by atoms with Crippen LogP contribution in [0.2, 0.25) is 25.7 Å². The Balaban J connectivity index is 1.19. The number of thioether (sulfide) groups is 1. The molecule has 1 saturated heterocycles. The van der Waals surface area contributed by atoms with Gasteiger partial charge >= 0.3 is 0 Å². The van der Waals surface area contributed by atoms with Gasteiger partial charge in [-0.2, -0.15) is 10.4 Å². The first-order valence-electron chi connectivity index (χ1n) is 14.2. The van der Waals surface area contributed by atoms with E-state index < -0.39 is 8.07 Å². The molecule has 9 nitrogen and oxygen atoms in total. The molecule has 0 radical (unpaired) electrons. The summed E-state index contributed by atoms with van der Waals surface area (Å²) < 4.78 is 24.8. The van der Waals surface area contributed by atoms with Gasteiger partial charge in [-0.25, -0.2) is 19.3 Å². The third-order valence-electron chi connectivity index (χ3n) is 7.97. The van der Waals surface area contributed by atoms with E-state index in [0.717, 1.165) is 64.1 Å². The minimum absolute atomic E-state index is 0.132. The maximum absolute atomic E-state index is 14.9. The third kappa shape index (κ3) is 5.89. The molecule has 0 aromatic carbocycles. The third-order valence-corrected chi connectivity index (χ3v) is 10.7. The first kappa shape index (κ1) is 27.9. The van der Waals surface area contributed by atoms with E-state index in [1.165, 1.54) is 0 Å². The molecule has 6 heterocycles. The van der Waals surface area contributed by atoms with Crippen molar-refractivity contribution >= 4 is 36.7 Å². The highest BCUT2D eigenvalue weighted by Crippen LogP contribution is 2.37. The lowest BCUT2D eigenvalue weighted by Gasteiger charge is -2.23. The highest BCUT2D eigenvalue weighted by atomic mass is 32.2. The molecule has 214 valence electrons. The van der Waals surface area contributed by atoms with E-state index in [1.807, 2.05) is 32.6 Å². The van der Waals surface area contributed by atoms with Gasteiger partial charge in [-0.3, -0.25) is 4.68 Å². The Kier molecular flexibility index (Phi) is 7.85. The maximum atomic E-state index is 14.9. The molecule has 41 heavy (non-hydrogen) atoms. The number of aromatic nitrogens is 6. The van der Waals surface area contributed by atoms with Crippen molar-refractivity contribution in [3.05, 3.63) is 48.4 Å². The van der Waals surface area contributed by atoms with Gasteiger partial charge in [0.2, 0.25) is 0 Å². The van der Waals surface area contributed by atoms with Crippen LogP contribution in [0.3, 0.4) is 0 Å². The number of hydrogen-bond donors (Lipinski definition) is 0. The van der Waals surface area contributed by atoms with Crippen LogP contribution in [-0.2, 0) is 17.9 Å². The van der Waals surface area contributed by atoms with Crippen molar-refractivity contribution in [2.24, 2.45) is 5.92 Å². The standard InChI is InChI=1S/C29H35FN8OSSi/c1-41(2,3)13-11-39-19-37-10-6-23-26(32-18-33-27(23)37)22-15-34-38(17-22)25(4-8-31)21-5-9-36(16-21)28-24(30)14-20-7-12-40-29(20)35-28/h6,10,14-15,17-18,21,25H,4-5,7,9,11-13,16,19H2,1-3H3/t21-,25-/m0/s1. The molecule has 4 aromatic heterocycles. The molecule has 0 amide bonds. The van der Waals surface area contributed by atoms with Crippen LogP contribution in [0.1, 0.15) is 24.4 Å². The predicted octanol–water partition coefficient (Wildman–Crippen LogP) is 5.77. The summed E-state index contributed by atoms with van der Waals surface area (Å²) in [6, 6.07) is 6.99. The minimum Gasteiger partial charge on any atom is -0.361 e. The van der Waals surface area contributed by atoms with Crippen LogP contribution in [0.4, 0.5) is 10.2 Å². The van der Waals surface area contributed by atoms with Gasteiger partial charge in [0.15, 0.2) is 11.6 Å². The zero-order chi connectivity index (χ0) is 28.6. The Bertz CT molecular complexity index is 1590. The topological polar surface area (TPSA) is 97.7 Å². The molecule has 0 aliphatic carbocycles. The number of nitrogens with zero attached hydrogens (tertiary/aromatic N) is 8. The van der Waals surface area contributed by atoms with E-state index in [0.29, 0.717) is 32.1 Å². The van der Waals surface area contributed by atoms with Crippen LogP contribution < -0.4 is 4.90 Å². The van der Waals surface area contributed by atoms with Gasteiger partial charge in [-0.05, 0) is 36.6 Å². The summed E-state index contributed by atoms with van der Waals surface area (Å²) in [5.41, 5.74) is 3.49. The Morgan fingerprint density at radius 3 is 3.00 bits per heavy atom. The van der Waals surface area contributed by atoms with E-state index in [9.17, 15) is 9.65 Å². The first-order valence-corrected chi connectivity index (χ1v) is 18.9. The fourth-order valence-corrected chi connectivity index (χ4v) is 7.44. The summed E-state index contributed by atoms with van der Waals surface area (Å²) in [7, 11) is -1.15. The lowest BCUT2D eigenvalue weighted by atomic mass is 9.96. The number of anilines is 1. The number of halogens is 1. The summed E-state index contributed by atoms with van der Waals surface area (Å²) in [5, 5.41) is 16.2. The SMILES string of the molecule is C[Si](C)(C)CCOCn1ccc2c(-c3cnn([C@@H](CC#N)[C@H]4CCN(c5nc6c(cc5F)CCS6)C4)c3)ncnc21. The van der Waals surface area contributed by atoms with Gasteiger partial charge in [0.1, 0.15) is 23.7 Å². The molecule has 4 aromatic rings. The van der Waals surface area contributed by atoms with Crippen molar-refractivity contribution in [2.45, 2.75) is 62.7 Å². The second-order valence-electron chi connectivity index (χ2n) is 12.1. The molecular weight excluding hydrogens is 556 g/mol. The number of ether oxygens (including phenoxy) is 1. The average Bonchev–Trinajstić information content (AvgIpc) is 3.75. The molecule has 0 saturated carbocycles. The quantitative estimate of drug-likeness (QED) is 0.170. The van der Waals surface area contributed by atoms with Crippen LogP contribution in [0.15, 0.2) is 42.1 Å². The monoisotopic (exact) mass is 590 g/mol. The summed E-state index contributed by atoms with van der Waals surface area (Å²) in [4.78, 5) is 15.8. The second kappa shape index (κ2) is 11.5. The molecular formula is C29H35FN8OSSi. The lowest BCUT2D eigenvalue weighted by Crippen LogP contribution is -2.26. The fourth-order valence-electron chi connectivity index (χ4n) is 5.67. The van der Waals surface area contributed by atoms with Crippen LogP contribution in [0.5, 0.6) is 0 Å². The van der Waals surface area contributed by atoms with Crippen LogP contribution in [0.25, 0.3) is 22.3 Å². The van der Waals surface area contributed by atoms with E-state index in [-0.39, 0.29) is 17.8 Å². The van der Waals surface area contributed by atoms with Crippen molar-refractivity contribution in [1.29, 1.82) is 5.26 Å². The van der Waals surface area contributed by atoms with Crippen molar-refractivity contribution in [3.63, 3.8) is 0 Å². The lowest BCUT2D eigenvalue weighted by molar-refractivity contribution is 0.0899. The molecule has 0 N–H and O–H groups in total. The number of fused-ring (bicyclic) bond motifs is 2. The molecule has 2 atom stereocenters.